The van der Waals surface area contributed by atoms with Crippen LogP contribution in [0.3, 0.4) is 0 Å². The third-order valence-electron chi connectivity index (χ3n) is 5.69. The molecule has 9 heteroatoms. The van der Waals surface area contributed by atoms with Crippen LogP contribution in [0.2, 0.25) is 0 Å². The zero-order chi connectivity index (χ0) is 24.1. The SMILES string of the molecule is O=C(CN1C(=O)SC(=Cc2ccc(OCc3ccc(I)cc3)c(Br)c2)C1=O)N1CCCCCC1. The molecule has 4 rings (SSSR count). The van der Waals surface area contributed by atoms with Gasteiger partial charge in [-0.15, -0.1) is 0 Å². The summed E-state index contributed by atoms with van der Waals surface area (Å²) in [7, 11) is 0. The van der Waals surface area contributed by atoms with Gasteiger partial charge in [0.1, 0.15) is 18.9 Å². The lowest BCUT2D eigenvalue weighted by atomic mass is 10.2. The predicted octanol–water partition coefficient (Wildman–Crippen LogP) is 6.07. The number of amides is 3. The van der Waals surface area contributed by atoms with Crippen molar-refractivity contribution >= 4 is 73.4 Å². The van der Waals surface area contributed by atoms with Gasteiger partial charge in [-0.25, -0.2) is 0 Å². The standard InChI is InChI=1S/C25H24BrIN2O4S/c26-20-13-18(7-10-21(20)33-16-17-5-8-19(27)9-6-17)14-22-24(31)29(25(32)34-22)15-23(30)28-11-3-1-2-4-12-28/h5-10,13-14H,1-4,11-12,15-16H2. The van der Waals surface area contributed by atoms with Crippen LogP contribution in [0.15, 0.2) is 51.8 Å². The van der Waals surface area contributed by atoms with Gasteiger partial charge in [-0.05, 0) is 105 Å². The summed E-state index contributed by atoms with van der Waals surface area (Å²) in [5.41, 5.74) is 1.83. The number of nitrogens with zero attached hydrogens (tertiary/aromatic N) is 2. The van der Waals surface area contributed by atoms with Crippen molar-refractivity contribution in [2.24, 2.45) is 0 Å². The highest BCUT2D eigenvalue weighted by molar-refractivity contribution is 14.1. The molecule has 6 nitrogen and oxygen atoms in total. The predicted molar refractivity (Wildman–Crippen MR) is 145 cm³/mol. The molecular weight excluding hydrogens is 631 g/mol. The van der Waals surface area contributed by atoms with E-state index in [1.807, 2.05) is 42.5 Å². The molecule has 2 aromatic rings. The molecule has 34 heavy (non-hydrogen) atoms. The average Bonchev–Trinajstić information content (AvgIpc) is 3.01. The lowest BCUT2D eigenvalue weighted by Gasteiger charge is -2.22. The van der Waals surface area contributed by atoms with Gasteiger partial charge in [0.15, 0.2) is 0 Å². The maximum Gasteiger partial charge on any atom is 0.294 e. The second-order valence-corrected chi connectivity index (χ2v) is 11.3. The summed E-state index contributed by atoms with van der Waals surface area (Å²) >= 11 is 6.66. The lowest BCUT2D eigenvalue weighted by molar-refractivity contribution is -0.135. The quantitative estimate of drug-likeness (QED) is 0.279. The van der Waals surface area contributed by atoms with Gasteiger partial charge in [0, 0.05) is 16.7 Å². The summed E-state index contributed by atoms with van der Waals surface area (Å²) in [6, 6.07) is 13.6. The minimum atomic E-state index is -0.423. The maximum absolute atomic E-state index is 12.8. The number of ether oxygens (including phenoxy) is 1. The number of rotatable bonds is 6. The summed E-state index contributed by atoms with van der Waals surface area (Å²) < 4.78 is 7.83. The van der Waals surface area contributed by atoms with Crippen molar-refractivity contribution in [3.63, 3.8) is 0 Å². The number of halogens is 2. The second-order valence-electron chi connectivity index (χ2n) is 8.17. The van der Waals surface area contributed by atoms with Crippen LogP contribution in [-0.4, -0.2) is 46.5 Å². The zero-order valence-electron chi connectivity index (χ0n) is 18.5. The van der Waals surface area contributed by atoms with E-state index in [0.29, 0.717) is 30.4 Å². The van der Waals surface area contributed by atoms with E-state index < -0.39 is 11.1 Å². The molecule has 0 spiro atoms. The van der Waals surface area contributed by atoms with Crippen LogP contribution in [0.1, 0.15) is 36.8 Å². The van der Waals surface area contributed by atoms with Crippen molar-refractivity contribution in [3.8, 4) is 5.75 Å². The molecule has 2 aliphatic rings. The van der Waals surface area contributed by atoms with Crippen LogP contribution in [-0.2, 0) is 16.2 Å². The topological polar surface area (TPSA) is 66.9 Å². The van der Waals surface area contributed by atoms with Crippen LogP contribution < -0.4 is 4.74 Å². The molecule has 3 amide bonds. The molecular formula is C25H24BrIN2O4S. The molecule has 2 heterocycles. The number of carbonyl (C=O) groups excluding carboxylic acids is 3. The Balaban J connectivity index is 1.39. The van der Waals surface area contributed by atoms with Gasteiger partial charge in [0.2, 0.25) is 5.91 Å². The summed E-state index contributed by atoms with van der Waals surface area (Å²) in [6.45, 7) is 1.63. The highest BCUT2D eigenvalue weighted by Gasteiger charge is 2.37. The van der Waals surface area contributed by atoms with E-state index in [2.05, 4.69) is 38.5 Å². The van der Waals surface area contributed by atoms with Crippen molar-refractivity contribution in [1.29, 1.82) is 0 Å². The molecule has 178 valence electrons. The van der Waals surface area contributed by atoms with Gasteiger partial charge in [-0.3, -0.25) is 19.3 Å². The second kappa shape index (κ2) is 11.7. The third-order valence-corrected chi connectivity index (χ3v) is 7.93. The Morgan fingerprint density at radius 1 is 1.06 bits per heavy atom. The molecule has 0 aliphatic carbocycles. The lowest BCUT2D eigenvalue weighted by Crippen LogP contribution is -2.42. The van der Waals surface area contributed by atoms with Gasteiger partial charge in [-0.1, -0.05) is 31.0 Å². The van der Waals surface area contributed by atoms with Crippen LogP contribution in [0.25, 0.3) is 6.08 Å². The molecule has 0 aromatic heterocycles. The Bertz CT molecular complexity index is 1110. The summed E-state index contributed by atoms with van der Waals surface area (Å²) in [6.07, 6.45) is 5.83. The van der Waals surface area contributed by atoms with Crippen molar-refractivity contribution in [2.45, 2.75) is 32.3 Å². The monoisotopic (exact) mass is 654 g/mol. The third kappa shape index (κ3) is 6.42. The van der Waals surface area contributed by atoms with Crippen molar-refractivity contribution in [3.05, 3.63) is 66.5 Å². The first-order chi connectivity index (χ1) is 16.4. The number of thioether (sulfide) groups is 1. The fraction of sp³-hybridized carbons (Fsp3) is 0.320. The molecule has 2 aromatic carbocycles. The van der Waals surface area contributed by atoms with Crippen molar-refractivity contribution < 1.29 is 19.1 Å². The van der Waals surface area contributed by atoms with E-state index in [9.17, 15) is 14.4 Å². The summed E-state index contributed by atoms with van der Waals surface area (Å²) in [5.74, 6) is 0.100. The van der Waals surface area contributed by atoms with Gasteiger partial charge in [0.05, 0.1) is 9.38 Å². The minimum absolute atomic E-state index is 0.164. The number of benzene rings is 2. The Kier molecular flexibility index (Phi) is 8.70. The first-order valence-corrected chi connectivity index (χ1v) is 13.8. The number of hydrogen-bond acceptors (Lipinski definition) is 5. The minimum Gasteiger partial charge on any atom is -0.488 e. The Morgan fingerprint density at radius 3 is 2.44 bits per heavy atom. The van der Waals surface area contributed by atoms with E-state index in [-0.39, 0.29) is 12.5 Å². The number of likely N-dealkylation sites (tertiary alicyclic amines) is 1. The van der Waals surface area contributed by atoms with E-state index in [1.54, 1.807) is 11.0 Å². The van der Waals surface area contributed by atoms with Crippen LogP contribution in [0.5, 0.6) is 5.75 Å². The van der Waals surface area contributed by atoms with Gasteiger partial charge in [-0.2, -0.15) is 0 Å². The summed E-state index contributed by atoms with van der Waals surface area (Å²) in [5, 5.41) is -0.407. The van der Waals surface area contributed by atoms with Crippen molar-refractivity contribution in [2.75, 3.05) is 19.6 Å². The fourth-order valence-corrected chi connectivity index (χ4v) is 5.52. The molecule has 2 aliphatic heterocycles. The molecule has 2 fully saturated rings. The highest BCUT2D eigenvalue weighted by Crippen LogP contribution is 2.34. The van der Waals surface area contributed by atoms with Crippen molar-refractivity contribution in [1.82, 2.24) is 9.80 Å². The normalized spacial score (nSPS) is 17.9. The van der Waals surface area contributed by atoms with E-state index in [4.69, 9.17) is 4.74 Å². The maximum atomic E-state index is 12.8. The van der Waals surface area contributed by atoms with Crippen LogP contribution >= 0.6 is 50.3 Å². The molecule has 2 saturated heterocycles. The Hall–Kier alpha value is -1.85. The molecule has 0 radical (unpaired) electrons. The largest absolute Gasteiger partial charge is 0.488 e. The highest BCUT2D eigenvalue weighted by atomic mass is 127. The first-order valence-electron chi connectivity index (χ1n) is 11.1. The zero-order valence-corrected chi connectivity index (χ0v) is 23.0. The van der Waals surface area contributed by atoms with Gasteiger partial charge < -0.3 is 9.64 Å². The number of imide groups is 1. The van der Waals surface area contributed by atoms with Gasteiger partial charge >= 0.3 is 0 Å². The number of hydrogen-bond donors (Lipinski definition) is 0. The molecule has 0 bridgehead atoms. The molecule has 0 saturated carbocycles. The van der Waals surface area contributed by atoms with Crippen LogP contribution in [0, 0.1) is 3.57 Å². The van der Waals surface area contributed by atoms with E-state index >= 15 is 0 Å². The Labute approximate surface area is 225 Å². The first kappa shape index (κ1) is 25.2. The molecule has 0 unspecified atom stereocenters. The van der Waals surface area contributed by atoms with E-state index in [0.717, 1.165) is 57.9 Å². The number of carbonyl (C=O) groups is 3. The molecule has 0 atom stereocenters. The average molecular weight is 655 g/mol. The molecule has 0 N–H and O–H groups in total. The van der Waals surface area contributed by atoms with Gasteiger partial charge in [0.25, 0.3) is 11.1 Å². The van der Waals surface area contributed by atoms with E-state index in [1.165, 1.54) is 3.57 Å². The van der Waals surface area contributed by atoms with Crippen LogP contribution in [0.4, 0.5) is 4.79 Å². The smallest absolute Gasteiger partial charge is 0.294 e. The Morgan fingerprint density at radius 2 is 1.76 bits per heavy atom. The summed E-state index contributed by atoms with van der Waals surface area (Å²) in [4.78, 5) is 41.1. The fourth-order valence-electron chi connectivity index (χ4n) is 3.81.